The van der Waals surface area contributed by atoms with E-state index in [1.54, 1.807) is 7.11 Å². The third-order valence-electron chi connectivity index (χ3n) is 4.44. The summed E-state index contributed by atoms with van der Waals surface area (Å²) < 4.78 is 48.0. The molecule has 1 rings (SSSR count). The number of hydrogen-bond acceptors (Lipinski definition) is 11. The van der Waals surface area contributed by atoms with Gasteiger partial charge in [-0.2, -0.15) is 0 Å². The molecule has 202 valence electrons. The maximum absolute atomic E-state index is 10.4. The first-order valence-corrected chi connectivity index (χ1v) is 11.8. The second-order valence-corrected chi connectivity index (χ2v) is 7.00. The Labute approximate surface area is 208 Å². The zero-order valence-electron chi connectivity index (χ0n) is 21.0. The van der Waals surface area contributed by atoms with Gasteiger partial charge in [0.15, 0.2) is 0 Å². The minimum absolute atomic E-state index is 0.159. The first kappa shape index (κ1) is 31.0. The van der Waals surface area contributed by atoms with Gasteiger partial charge in [-0.3, -0.25) is 4.79 Å². The highest BCUT2D eigenvalue weighted by Crippen LogP contribution is 2.24. The van der Waals surface area contributed by atoms with Crippen molar-refractivity contribution in [3.63, 3.8) is 0 Å². The molecule has 1 N–H and O–H groups in total. The summed E-state index contributed by atoms with van der Waals surface area (Å²) >= 11 is 0. The highest BCUT2D eigenvalue weighted by Gasteiger charge is 2.06. The van der Waals surface area contributed by atoms with E-state index in [1.165, 1.54) is 0 Å². The summed E-state index contributed by atoms with van der Waals surface area (Å²) in [6.07, 6.45) is 0. The van der Waals surface area contributed by atoms with Gasteiger partial charge in [-0.15, -0.1) is 0 Å². The number of nitrogens with one attached hydrogen (secondary N) is 1. The fraction of sp³-hybridized carbons (Fsp3) is 0.708. The molecule has 0 aliphatic carbocycles. The lowest BCUT2D eigenvalue weighted by Crippen LogP contribution is -2.15. The van der Waals surface area contributed by atoms with E-state index >= 15 is 0 Å². The van der Waals surface area contributed by atoms with Crippen molar-refractivity contribution in [2.24, 2.45) is 0 Å². The summed E-state index contributed by atoms with van der Waals surface area (Å²) in [5.41, 5.74) is 1.69. The minimum atomic E-state index is 0.159. The number of ether oxygens (including phenoxy) is 9. The normalized spacial score (nSPS) is 10.9. The second kappa shape index (κ2) is 23.7. The zero-order chi connectivity index (χ0) is 25.2. The molecule has 1 aromatic rings. The first-order chi connectivity index (χ1) is 17.3. The van der Waals surface area contributed by atoms with E-state index in [0.29, 0.717) is 105 Å². The molecule has 35 heavy (non-hydrogen) atoms. The Hall–Kier alpha value is -1.99. The molecule has 0 aromatic heterocycles. The molecule has 0 atom stereocenters. The van der Waals surface area contributed by atoms with Crippen LogP contribution in [0.3, 0.4) is 0 Å². The summed E-state index contributed by atoms with van der Waals surface area (Å²) in [5.74, 6) is 0.649. The molecule has 0 radical (unpaired) electrons. The summed E-state index contributed by atoms with van der Waals surface area (Å²) in [4.78, 5) is 10.4. The van der Waals surface area contributed by atoms with E-state index in [-0.39, 0.29) is 6.61 Å². The second-order valence-electron chi connectivity index (χ2n) is 7.00. The average molecular weight is 504 g/mol. The van der Waals surface area contributed by atoms with Gasteiger partial charge < -0.3 is 47.9 Å². The van der Waals surface area contributed by atoms with Crippen LogP contribution in [-0.2, 0) is 49.3 Å². The number of methoxy groups -OCH3 is 1. The van der Waals surface area contributed by atoms with Crippen LogP contribution in [0.15, 0.2) is 18.2 Å². The standard InChI is InChI=1S/C24H41NO10/c1-25-23-4-3-22(20-34-21-26)24(19-23)35-18-17-33-16-15-32-14-13-31-12-11-30-10-9-29-8-7-28-6-5-27-2/h3-4,19,21,25H,5-18,20H2,1-2H3. The number of carbonyl (C=O) groups is 1. The molecule has 0 aliphatic heterocycles. The molecule has 0 saturated heterocycles. The smallest absolute Gasteiger partial charge is 0.293 e. The van der Waals surface area contributed by atoms with Crippen molar-refractivity contribution in [1.82, 2.24) is 0 Å². The van der Waals surface area contributed by atoms with Gasteiger partial charge in [0.25, 0.3) is 6.47 Å². The van der Waals surface area contributed by atoms with Crippen LogP contribution in [0.5, 0.6) is 5.75 Å². The number of rotatable bonds is 26. The van der Waals surface area contributed by atoms with Crippen molar-refractivity contribution in [2.45, 2.75) is 6.61 Å². The van der Waals surface area contributed by atoms with Gasteiger partial charge >= 0.3 is 0 Å². The van der Waals surface area contributed by atoms with Gasteiger partial charge in [-0.1, -0.05) is 0 Å². The number of benzene rings is 1. The monoisotopic (exact) mass is 503 g/mol. The summed E-state index contributed by atoms with van der Waals surface area (Å²) in [6, 6.07) is 5.60. The van der Waals surface area contributed by atoms with E-state index in [2.05, 4.69) is 5.32 Å². The van der Waals surface area contributed by atoms with Gasteiger partial charge in [0.1, 0.15) is 19.0 Å². The third kappa shape index (κ3) is 18.0. The van der Waals surface area contributed by atoms with Crippen LogP contribution in [0.2, 0.25) is 0 Å². The molecule has 0 bridgehead atoms. The summed E-state index contributed by atoms with van der Waals surface area (Å²) in [7, 11) is 3.47. The molecule has 1 aromatic carbocycles. The topological polar surface area (TPSA) is 112 Å². The zero-order valence-corrected chi connectivity index (χ0v) is 21.0. The minimum Gasteiger partial charge on any atom is -0.491 e. The molecule has 0 spiro atoms. The van der Waals surface area contributed by atoms with Crippen molar-refractivity contribution >= 4 is 12.2 Å². The van der Waals surface area contributed by atoms with Crippen LogP contribution in [0.1, 0.15) is 5.56 Å². The maximum Gasteiger partial charge on any atom is 0.293 e. The molecule has 11 heteroatoms. The Balaban J connectivity index is 1.86. The Morgan fingerprint density at radius 3 is 1.57 bits per heavy atom. The van der Waals surface area contributed by atoms with E-state index in [4.69, 9.17) is 42.6 Å². The lowest BCUT2D eigenvalue weighted by molar-refractivity contribution is -0.129. The largest absolute Gasteiger partial charge is 0.491 e. The Morgan fingerprint density at radius 2 is 1.14 bits per heavy atom. The quantitative estimate of drug-likeness (QED) is 0.147. The van der Waals surface area contributed by atoms with Crippen molar-refractivity contribution in [3.05, 3.63) is 23.8 Å². The van der Waals surface area contributed by atoms with Crippen LogP contribution >= 0.6 is 0 Å². The molecule has 0 aliphatic rings. The lowest BCUT2D eigenvalue weighted by atomic mass is 10.2. The Kier molecular flexibility index (Phi) is 21.1. The highest BCUT2D eigenvalue weighted by molar-refractivity contribution is 5.51. The van der Waals surface area contributed by atoms with Crippen LogP contribution in [-0.4, -0.2) is 113 Å². The first-order valence-electron chi connectivity index (χ1n) is 11.8. The van der Waals surface area contributed by atoms with Crippen molar-refractivity contribution in [3.8, 4) is 5.75 Å². The van der Waals surface area contributed by atoms with Crippen molar-refractivity contribution in [2.75, 3.05) is 112 Å². The number of carbonyl (C=O) groups excluding carboxylic acids is 1. The van der Waals surface area contributed by atoms with Gasteiger partial charge in [-0.05, 0) is 12.1 Å². The predicted molar refractivity (Wildman–Crippen MR) is 129 cm³/mol. The van der Waals surface area contributed by atoms with Crippen LogP contribution in [0.25, 0.3) is 0 Å². The summed E-state index contributed by atoms with van der Waals surface area (Å²) in [5, 5.41) is 3.05. The van der Waals surface area contributed by atoms with Gasteiger partial charge in [0.2, 0.25) is 0 Å². The molecule has 0 fully saturated rings. The van der Waals surface area contributed by atoms with Gasteiger partial charge in [0, 0.05) is 31.5 Å². The number of anilines is 1. The number of hydrogen-bond donors (Lipinski definition) is 1. The van der Waals surface area contributed by atoms with E-state index in [1.807, 2.05) is 25.2 Å². The van der Waals surface area contributed by atoms with E-state index in [9.17, 15) is 4.79 Å². The van der Waals surface area contributed by atoms with Crippen LogP contribution in [0, 0.1) is 0 Å². The van der Waals surface area contributed by atoms with Gasteiger partial charge in [-0.25, -0.2) is 0 Å². The summed E-state index contributed by atoms with van der Waals surface area (Å²) in [6.45, 7) is 7.61. The molecular weight excluding hydrogens is 462 g/mol. The lowest BCUT2D eigenvalue weighted by Gasteiger charge is -2.13. The average Bonchev–Trinajstić information content (AvgIpc) is 2.88. The molecular formula is C24H41NO10. The highest BCUT2D eigenvalue weighted by atomic mass is 16.6. The van der Waals surface area contributed by atoms with Crippen LogP contribution in [0.4, 0.5) is 5.69 Å². The molecule has 0 unspecified atom stereocenters. The predicted octanol–water partition coefficient (Wildman–Crippen LogP) is 1.53. The van der Waals surface area contributed by atoms with Crippen molar-refractivity contribution < 1.29 is 47.4 Å². The maximum atomic E-state index is 10.4. The van der Waals surface area contributed by atoms with E-state index < -0.39 is 0 Å². The molecule has 0 amide bonds. The molecule has 0 saturated carbocycles. The van der Waals surface area contributed by atoms with Gasteiger partial charge in [0.05, 0.1) is 85.9 Å². The van der Waals surface area contributed by atoms with Crippen LogP contribution < -0.4 is 10.1 Å². The Morgan fingerprint density at radius 1 is 0.686 bits per heavy atom. The SMILES string of the molecule is CNc1ccc(COC=O)c(OCCOCCOCCOCCOCCOCCOCCOC)c1. The molecule has 0 heterocycles. The molecule has 11 nitrogen and oxygen atoms in total. The van der Waals surface area contributed by atoms with E-state index in [0.717, 1.165) is 11.3 Å². The fourth-order valence-corrected chi connectivity index (χ4v) is 2.64. The van der Waals surface area contributed by atoms with Crippen molar-refractivity contribution in [1.29, 1.82) is 0 Å². The fourth-order valence-electron chi connectivity index (χ4n) is 2.64. The third-order valence-corrected chi connectivity index (χ3v) is 4.44. The Bertz CT molecular complexity index is 620.